The molecule has 0 N–H and O–H groups in total. The quantitative estimate of drug-likeness (QED) is 0.542. The predicted molar refractivity (Wildman–Crippen MR) is 64.9 cm³/mol. The van der Waals surface area contributed by atoms with Crippen LogP contribution in [-0.2, 0) is 0 Å². The first-order valence-corrected chi connectivity index (χ1v) is 5.72. The molecule has 1 radical (unpaired) electrons. The van der Waals surface area contributed by atoms with Crippen molar-refractivity contribution in [3.63, 3.8) is 0 Å². The van der Waals surface area contributed by atoms with E-state index in [9.17, 15) is 4.79 Å². The first-order chi connectivity index (χ1) is 6.16. The van der Waals surface area contributed by atoms with Gasteiger partial charge in [0, 0.05) is 24.4 Å². The second kappa shape index (κ2) is 6.41. The van der Waals surface area contributed by atoms with Crippen LogP contribution < -0.4 is 0 Å². The molecule has 0 fully saturated rings. The first kappa shape index (κ1) is 13.9. The molecular formula is C11H15LiOP. The summed E-state index contributed by atoms with van der Waals surface area (Å²) in [5.41, 5.74) is 3.44. The fraction of sp³-hybridized carbons (Fsp3) is 0.364. The maximum atomic E-state index is 11.7. The van der Waals surface area contributed by atoms with E-state index in [2.05, 4.69) is 0 Å². The fourth-order valence-corrected chi connectivity index (χ4v) is 2.31. The minimum absolute atomic E-state index is 0. The number of rotatable bonds is 3. The molecule has 0 aliphatic carbocycles. The zero-order valence-corrected chi connectivity index (χ0v) is 10.3. The minimum atomic E-state index is 0. The van der Waals surface area contributed by atoms with Crippen molar-refractivity contribution in [1.29, 1.82) is 0 Å². The number of carbonyl (C=O) groups is 1. The zero-order valence-electron chi connectivity index (χ0n) is 9.35. The molecule has 0 aromatic heterocycles. The van der Waals surface area contributed by atoms with Crippen molar-refractivity contribution in [1.82, 2.24) is 0 Å². The predicted octanol–water partition coefficient (Wildman–Crippen LogP) is 2.76. The maximum absolute atomic E-state index is 11.7. The van der Waals surface area contributed by atoms with Gasteiger partial charge in [0.2, 0.25) is 0 Å². The van der Waals surface area contributed by atoms with Crippen LogP contribution in [0.2, 0.25) is 0 Å². The van der Waals surface area contributed by atoms with Crippen molar-refractivity contribution >= 4 is 33.0 Å². The van der Waals surface area contributed by atoms with Gasteiger partial charge in [-0.15, -0.1) is 0 Å². The Morgan fingerprint density at radius 3 is 2.21 bits per heavy atom. The van der Waals surface area contributed by atoms with E-state index in [0.29, 0.717) is 14.1 Å². The van der Waals surface area contributed by atoms with E-state index in [1.165, 1.54) is 0 Å². The van der Waals surface area contributed by atoms with Crippen LogP contribution in [0.25, 0.3) is 0 Å². The molecule has 0 amide bonds. The normalized spacial score (nSPS) is 10.2. The summed E-state index contributed by atoms with van der Waals surface area (Å²) in [5.74, 6) is 0. The van der Waals surface area contributed by atoms with Crippen molar-refractivity contribution < 1.29 is 4.79 Å². The van der Waals surface area contributed by atoms with Crippen molar-refractivity contribution in [3.05, 3.63) is 34.9 Å². The molecule has 0 bridgehead atoms. The maximum Gasteiger partial charge on any atom is 0.181 e. The van der Waals surface area contributed by atoms with E-state index in [1.807, 2.05) is 39.0 Å². The van der Waals surface area contributed by atoms with Gasteiger partial charge in [0.05, 0.1) is 0 Å². The van der Waals surface area contributed by atoms with Gasteiger partial charge in [-0.05, 0) is 39.7 Å². The molecule has 1 rings (SSSR count). The SMILES string of the molecule is CCPC(=O)c1c(C)cccc1C.[Li]. The topological polar surface area (TPSA) is 17.1 Å². The van der Waals surface area contributed by atoms with Crippen LogP contribution in [0.1, 0.15) is 28.4 Å². The summed E-state index contributed by atoms with van der Waals surface area (Å²) < 4.78 is 0. The Morgan fingerprint density at radius 2 is 1.79 bits per heavy atom. The van der Waals surface area contributed by atoms with Gasteiger partial charge in [-0.3, -0.25) is 4.79 Å². The third-order valence-corrected chi connectivity index (χ3v) is 2.97. The summed E-state index contributed by atoms with van der Waals surface area (Å²) in [6.07, 6.45) is 0.951. The number of benzene rings is 1. The van der Waals surface area contributed by atoms with Gasteiger partial charge in [-0.25, -0.2) is 0 Å². The smallest absolute Gasteiger partial charge is 0.181 e. The summed E-state index contributed by atoms with van der Waals surface area (Å²) in [4.78, 5) is 11.7. The molecule has 1 unspecified atom stereocenters. The molecular weight excluding hydrogens is 186 g/mol. The second-order valence-corrected chi connectivity index (χ2v) is 4.64. The number of hydrogen-bond donors (Lipinski definition) is 0. The Morgan fingerprint density at radius 1 is 1.29 bits per heavy atom. The molecule has 0 heterocycles. The van der Waals surface area contributed by atoms with Crippen molar-refractivity contribution in [2.24, 2.45) is 0 Å². The van der Waals surface area contributed by atoms with E-state index in [0.717, 1.165) is 22.9 Å². The Bertz CT molecular complexity index is 303. The van der Waals surface area contributed by atoms with E-state index in [-0.39, 0.29) is 18.9 Å². The average molecular weight is 201 g/mol. The van der Waals surface area contributed by atoms with Crippen molar-refractivity contribution in [2.75, 3.05) is 6.16 Å². The van der Waals surface area contributed by atoms with Crippen LogP contribution in [0.3, 0.4) is 0 Å². The Balaban J connectivity index is 0.00000169. The zero-order chi connectivity index (χ0) is 9.84. The van der Waals surface area contributed by atoms with Crippen molar-refractivity contribution in [3.8, 4) is 0 Å². The van der Waals surface area contributed by atoms with Crippen LogP contribution in [-0.4, -0.2) is 30.5 Å². The minimum Gasteiger partial charge on any atom is -0.289 e. The van der Waals surface area contributed by atoms with Crippen molar-refractivity contribution in [2.45, 2.75) is 20.8 Å². The molecule has 1 nitrogen and oxygen atoms in total. The molecule has 1 atom stereocenters. The third-order valence-electron chi connectivity index (χ3n) is 2.05. The largest absolute Gasteiger partial charge is 0.289 e. The summed E-state index contributed by atoms with van der Waals surface area (Å²) in [6, 6.07) is 6.00. The van der Waals surface area contributed by atoms with Gasteiger partial charge in [0.15, 0.2) is 5.52 Å². The summed E-state index contributed by atoms with van der Waals surface area (Å²) in [7, 11) is 0.420. The molecule has 0 aliphatic heterocycles. The third kappa shape index (κ3) is 3.25. The van der Waals surface area contributed by atoms with E-state index in [1.54, 1.807) is 0 Å². The van der Waals surface area contributed by atoms with E-state index < -0.39 is 0 Å². The van der Waals surface area contributed by atoms with Crippen LogP contribution in [0.4, 0.5) is 0 Å². The Hall–Kier alpha value is -0.0826. The molecule has 0 saturated carbocycles. The van der Waals surface area contributed by atoms with Gasteiger partial charge in [-0.1, -0.05) is 25.1 Å². The van der Waals surface area contributed by atoms with Crippen LogP contribution in [0.5, 0.6) is 0 Å². The monoisotopic (exact) mass is 201 g/mol. The molecule has 0 aliphatic rings. The van der Waals surface area contributed by atoms with E-state index in [4.69, 9.17) is 0 Å². The standard InChI is InChI=1S/C11H15OP.Li/c1-4-13-11(12)10-8(2)6-5-7-9(10)3;/h5-7,13H,4H2,1-3H3;. The Labute approximate surface area is 99.6 Å². The number of aryl methyl sites for hydroxylation is 2. The summed E-state index contributed by atoms with van der Waals surface area (Å²) in [5, 5.41) is 0. The fourth-order valence-electron chi connectivity index (χ4n) is 1.42. The molecule has 1 aromatic rings. The van der Waals surface area contributed by atoms with Crippen LogP contribution in [0.15, 0.2) is 18.2 Å². The molecule has 14 heavy (non-hydrogen) atoms. The Kier molecular flexibility index (Phi) is 6.37. The van der Waals surface area contributed by atoms with E-state index >= 15 is 0 Å². The van der Waals surface area contributed by atoms with Crippen LogP contribution >= 0.6 is 8.58 Å². The first-order valence-electron chi connectivity index (χ1n) is 4.51. The average Bonchev–Trinajstić information content (AvgIpc) is 2.04. The van der Waals surface area contributed by atoms with Gasteiger partial charge in [-0.2, -0.15) is 0 Å². The second-order valence-electron chi connectivity index (χ2n) is 3.13. The molecule has 1 aromatic carbocycles. The van der Waals surface area contributed by atoms with Gasteiger partial charge < -0.3 is 0 Å². The molecule has 71 valence electrons. The number of hydrogen-bond acceptors (Lipinski definition) is 1. The molecule has 0 spiro atoms. The van der Waals surface area contributed by atoms with Crippen LogP contribution in [0, 0.1) is 13.8 Å². The van der Waals surface area contributed by atoms with Gasteiger partial charge >= 0.3 is 0 Å². The van der Waals surface area contributed by atoms with Gasteiger partial charge in [0.1, 0.15) is 0 Å². The number of carbonyl (C=O) groups excluding carboxylic acids is 1. The summed E-state index contributed by atoms with van der Waals surface area (Å²) >= 11 is 0. The summed E-state index contributed by atoms with van der Waals surface area (Å²) in [6.45, 7) is 6.05. The molecule has 3 heteroatoms. The van der Waals surface area contributed by atoms with Gasteiger partial charge in [0.25, 0.3) is 0 Å². The molecule has 0 saturated heterocycles.